The number of rotatable bonds is 4. The van der Waals surface area contributed by atoms with Crippen molar-refractivity contribution in [3.63, 3.8) is 0 Å². The Morgan fingerprint density at radius 1 is 1.23 bits per heavy atom. The normalized spacial score (nSPS) is 21.3. The molecule has 1 aromatic carbocycles. The number of imidazole rings is 1. The van der Waals surface area contributed by atoms with Crippen LogP contribution < -0.4 is 0 Å². The van der Waals surface area contributed by atoms with E-state index < -0.39 is 5.41 Å². The minimum absolute atomic E-state index is 0.0450. The van der Waals surface area contributed by atoms with E-state index in [1.165, 1.54) is 6.07 Å². The Morgan fingerprint density at radius 3 is 2.90 bits per heavy atom. The second-order valence-electron chi connectivity index (χ2n) is 8.74. The van der Waals surface area contributed by atoms with E-state index >= 15 is 0 Å². The van der Waals surface area contributed by atoms with Crippen LogP contribution in [-0.2, 0) is 21.4 Å². The topological polar surface area (TPSA) is 59.7 Å². The lowest BCUT2D eigenvalue weighted by Crippen LogP contribution is -2.48. The third-order valence-corrected chi connectivity index (χ3v) is 6.71. The molecule has 5 rings (SSSR count). The maximum Gasteiger partial charge on any atom is 0.233 e. The van der Waals surface area contributed by atoms with Crippen LogP contribution in [-0.4, -0.2) is 51.5 Å². The molecule has 1 amide bonds. The van der Waals surface area contributed by atoms with E-state index in [1.54, 1.807) is 24.5 Å². The predicted octanol–water partition coefficient (Wildman–Crippen LogP) is 3.40. The molecule has 2 aromatic heterocycles. The third-order valence-electron chi connectivity index (χ3n) is 6.71. The molecule has 162 valence electrons. The fourth-order valence-corrected chi connectivity index (χ4v) is 5.19. The molecular formula is C24H27FN4O2. The number of carbonyl (C=O) groups excluding carboxylic acids is 1. The molecule has 7 heteroatoms. The number of halogens is 1. The molecule has 0 radical (unpaired) electrons. The second-order valence-corrected chi connectivity index (χ2v) is 8.74. The molecule has 3 aromatic rings. The highest BCUT2D eigenvalue weighted by Gasteiger charge is 2.46. The summed E-state index contributed by atoms with van der Waals surface area (Å²) in [4.78, 5) is 24.5. The summed E-state index contributed by atoms with van der Waals surface area (Å²) in [6, 6.07) is 6.77. The van der Waals surface area contributed by atoms with Crippen molar-refractivity contribution >= 4 is 11.6 Å². The van der Waals surface area contributed by atoms with Gasteiger partial charge in [-0.05, 0) is 25.3 Å². The van der Waals surface area contributed by atoms with Gasteiger partial charge in [-0.25, -0.2) is 9.37 Å². The largest absolute Gasteiger partial charge is 0.379 e. The number of fused-ring (bicyclic) bond motifs is 1. The standard InChI is InChI=1S/C24H27FN4O2/c25-21-6-2-1-5-20(21)24(7-3-4-8-24)23(30)29-11-12-31-17-18(15-29)13-19-16-28-10-9-26-22(28)14-27-19/h1-2,5-6,9-10,14,16,18H,3-4,7-8,11-13,15,17H2/t18-/m0/s1. The molecule has 0 N–H and O–H groups in total. The van der Waals surface area contributed by atoms with E-state index in [-0.39, 0.29) is 17.6 Å². The highest BCUT2D eigenvalue weighted by atomic mass is 19.1. The van der Waals surface area contributed by atoms with Crippen LogP contribution >= 0.6 is 0 Å². The molecule has 0 bridgehead atoms. The molecule has 3 heterocycles. The Labute approximate surface area is 181 Å². The number of nitrogens with zero attached hydrogens (tertiary/aromatic N) is 4. The SMILES string of the molecule is O=C(N1CCOC[C@@H](Cc2cn3ccnc3cn2)C1)C1(c2ccccc2F)CCCC1. The summed E-state index contributed by atoms with van der Waals surface area (Å²) in [6.07, 6.45) is 11.4. The monoisotopic (exact) mass is 422 g/mol. The van der Waals surface area contributed by atoms with Gasteiger partial charge in [0, 0.05) is 43.2 Å². The minimum atomic E-state index is -0.756. The van der Waals surface area contributed by atoms with Gasteiger partial charge in [-0.2, -0.15) is 0 Å². The molecule has 6 nitrogen and oxygen atoms in total. The van der Waals surface area contributed by atoms with Crippen molar-refractivity contribution in [1.82, 2.24) is 19.3 Å². The van der Waals surface area contributed by atoms with Crippen molar-refractivity contribution in [3.8, 4) is 0 Å². The first-order chi connectivity index (χ1) is 15.2. The van der Waals surface area contributed by atoms with E-state index in [1.807, 2.05) is 27.8 Å². The van der Waals surface area contributed by atoms with Gasteiger partial charge < -0.3 is 14.0 Å². The number of benzene rings is 1. The fraction of sp³-hybridized carbons (Fsp3) is 0.458. The fourth-order valence-electron chi connectivity index (χ4n) is 5.19. The third kappa shape index (κ3) is 3.82. The van der Waals surface area contributed by atoms with Crippen LogP contribution in [0.1, 0.15) is 36.9 Å². The molecule has 2 aliphatic rings. The van der Waals surface area contributed by atoms with E-state index in [0.29, 0.717) is 51.1 Å². The van der Waals surface area contributed by atoms with Crippen LogP contribution in [0.2, 0.25) is 0 Å². The Bertz CT molecular complexity index is 1080. The summed E-state index contributed by atoms with van der Waals surface area (Å²) < 4.78 is 22.5. The van der Waals surface area contributed by atoms with Crippen molar-refractivity contribution in [3.05, 3.63) is 66.1 Å². The van der Waals surface area contributed by atoms with Crippen LogP contribution in [0.3, 0.4) is 0 Å². The molecule has 1 atom stereocenters. The Kier molecular flexibility index (Phi) is 5.44. The highest BCUT2D eigenvalue weighted by molar-refractivity contribution is 5.88. The Balaban J connectivity index is 1.38. The van der Waals surface area contributed by atoms with E-state index in [0.717, 1.165) is 24.2 Å². The van der Waals surface area contributed by atoms with Gasteiger partial charge in [0.15, 0.2) is 5.65 Å². The molecule has 31 heavy (non-hydrogen) atoms. The maximum absolute atomic E-state index is 14.7. The average Bonchev–Trinajstić information content (AvgIpc) is 3.40. The van der Waals surface area contributed by atoms with Gasteiger partial charge in [-0.1, -0.05) is 31.0 Å². The number of ether oxygens (including phenoxy) is 1. The van der Waals surface area contributed by atoms with Gasteiger partial charge in [-0.15, -0.1) is 0 Å². The lowest BCUT2D eigenvalue weighted by atomic mass is 9.77. The molecule has 1 saturated heterocycles. The summed E-state index contributed by atoms with van der Waals surface area (Å²) in [5.41, 5.74) is 1.55. The first-order valence-corrected chi connectivity index (χ1v) is 11.1. The summed E-state index contributed by atoms with van der Waals surface area (Å²) in [5, 5.41) is 0. The van der Waals surface area contributed by atoms with E-state index in [2.05, 4.69) is 9.97 Å². The lowest BCUT2D eigenvalue weighted by Gasteiger charge is -2.35. The minimum Gasteiger partial charge on any atom is -0.379 e. The van der Waals surface area contributed by atoms with Crippen LogP contribution in [0.5, 0.6) is 0 Å². The zero-order valence-electron chi connectivity index (χ0n) is 17.5. The lowest BCUT2D eigenvalue weighted by molar-refractivity contribution is -0.138. The van der Waals surface area contributed by atoms with Gasteiger partial charge in [0.1, 0.15) is 5.82 Å². The molecular weight excluding hydrogens is 395 g/mol. The van der Waals surface area contributed by atoms with Crippen molar-refractivity contribution in [1.29, 1.82) is 0 Å². The van der Waals surface area contributed by atoms with Crippen molar-refractivity contribution in [2.24, 2.45) is 5.92 Å². The van der Waals surface area contributed by atoms with Gasteiger partial charge in [-0.3, -0.25) is 9.78 Å². The van der Waals surface area contributed by atoms with Crippen LogP contribution in [0.15, 0.2) is 49.1 Å². The summed E-state index contributed by atoms with van der Waals surface area (Å²) in [6.45, 7) is 2.22. The van der Waals surface area contributed by atoms with Crippen LogP contribution in [0, 0.1) is 11.7 Å². The highest BCUT2D eigenvalue weighted by Crippen LogP contribution is 2.43. The van der Waals surface area contributed by atoms with Crippen molar-refractivity contribution in [2.45, 2.75) is 37.5 Å². The van der Waals surface area contributed by atoms with Gasteiger partial charge in [0.25, 0.3) is 0 Å². The summed E-state index contributed by atoms with van der Waals surface area (Å²) in [7, 11) is 0. The van der Waals surface area contributed by atoms with Crippen molar-refractivity contribution in [2.75, 3.05) is 26.3 Å². The molecule has 1 saturated carbocycles. The predicted molar refractivity (Wildman–Crippen MR) is 114 cm³/mol. The molecule has 1 aliphatic carbocycles. The maximum atomic E-state index is 14.7. The zero-order chi connectivity index (χ0) is 21.3. The smallest absolute Gasteiger partial charge is 0.233 e. The number of hydrogen-bond acceptors (Lipinski definition) is 4. The first kappa shape index (κ1) is 20.1. The van der Waals surface area contributed by atoms with Gasteiger partial charge >= 0.3 is 0 Å². The Morgan fingerprint density at radius 2 is 2.06 bits per heavy atom. The zero-order valence-corrected chi connectivity index (χ0v) is 17.5. The first-order valence-electron chi connectivity index (χ1n) is 11.1. The summed E-state index contributed by atoms with van der Waals surface area (Å²) >= 11 is 0. The summed E-state index contributed by atoms with van der Waals surface area (Å²) in [5.74, 6) is -0.0965. The average molecular weight is 423 g/mol. The molecule has 0 spiro atoms. The van der Waals surface area contributed by atoms with Crippen molar-refractivity contribution < 1.29 is 13.9 Å². The quantitative estimate of drug-likeness (QED) is 0.647. The number of hydrogen-bond donors (Lipinski definition) is 0. The Hall–Kier alpha value is -2.80. The van der Waals surface area contributed by atoms with E-state index in [4.69, 9.17) is 4.74 Å². The molecule has 2 fully saturated rings. The van der Waals surface area contributed by atoms with Gasteiger partial charge in [0.2, 0.25) is 5.91 Å². The van der Waals surface area contributed by atoms with Crippen LogP contribution in [0.25, 0.3) is 5.65 Å². The molecule has 0 unspecified atom stereocenters. The number of aromatic nitrogens is 3. The van der Waals surface area contributed by atoms with Gasteiger partial charge in [0.05, 0.1) is 30.5 Å². The van der Waals surface area contributed by atoms with E-state index in [9.17, 15) is 9.18 Å². The van der Waals surface area contributed by atoms with Crippen LogP contribution in [0.4, 0.5) is 4.39 Å². The number of carbonyl (C=O) groups is 1. The second kappa shape index (κ2) is 8.38. The number of amides is 1. The molecule has 1 aliphatic heterocycles.